The third kappa shape index (κ3) is 3.62. The van der Waals surface area contributed by atoms with Gasteiger partial charge in [0.1, 0.15) is 0 Å². The van der Waals surface area contributed by atoms with Crippen molar-refractivity contribution in [2.75, 3.05) is 6.54 Å². The fourth-order valence-corrected chi connectivity index (χ4v) is 1.56. The van der Waals surface area contributed by atoms with Crippen molar-refractivity contribution >= 4 is 0 Å². The van der Waals surface area contributed by atoms with Crippen LogP contribution < -0.4 is 5.32 Å². The standard InChI is InChI=1S/C13H15N3O/c17-13(12-3-7-15-8-4-12)10-16-9-11-1-5-14-6-2-11/h1-8,13,16-17H,9-10H2. The van der Waals surface area contributed by atoms with E-state index in [1.54, 1.807) is 24.8 Å². The third-order valence-corrected chi connectivity index (χ3v) is 2.51. The second-order valence-corrected chi connectivity index (χ2v) is 3.78. The van der Waals surface area contributed by atoms with Crippen LogP contribution in [0.25, 0.3) is 0 Å². The molecular weight excluding hydrogens is 214 g/mol. The third-order valence-electron chi connectivity index (χ3n) is 2.51. The summed E-state index contributed by atoms with van der Waals surface area (Å²) in [5, 5.41) is 13.1. The number of aromatic nitrogens is 2. The van der Waals surface area contributed by atoms with E-state index in [1.165, 1.54) is 0 Å². The zero-order valence-electron chi connectivity index (χ0n) is 9.45. The smallest absolute Gasteiger partial charge is 0.0915 e. The predicted molar refractivity (Wildman–Crippen MR) is 65.1 cm³/mol. The summed E-state index contributed by atoms with van der Waals surface area (Å²) in [5.41, 5.74) is 2.03. The Morgan fingerprint density at radius 1 is 1.00 bits per heavy atom. The average Bonchev–Trinajstić information content (AvgIpc) is 2.41. The zero-order chi connectivity index (χ0) is 11.9. The van der Waals surface area contributed by atoms with E-state index in [2.05, 4.69) is 15.3 Å². The minimum atomic E-state index is -0.500. The minimum absolute atomic E-state index is 0.500. The van der Waals surface area contributed by atoms with Crippen LogP contribution in [0.5, 0.6) is 0 Å². The summed E-state index contributed by atoms with van der Waals surface area (Å²) in [7, 11) is 0. The maximum atomic E-state index is 9.90. The van der Waals surface area contributed by atoms with Gasteiger partial charge in [0.25, 0.3) is 0 Å². The number of aliphatic hydroxyl groups is 1. The average molecular weight is 229 g/mol. The molecule has 4 heteroatoms. The number of hydrogen-bond acceptors (Lipinski definition) is 4. The molecule has 0 bridgehead atoms. The summed E-state index contributed by atoms with van der Waals surface area (Å²) >= 11 is 0. The highest BCUT2D eigenvalue weighted by molar-refractivity contribution is 5.13. The predicted octanol–water partition coefficient (Wildman–Crippen LogP) is 1.30. The number of hydrogen-bond donors (Lipinski definition) is 2. The molecule has 0 amide bonds. The van der Waals surface area contributed by atoms with Crippen LogP contribution in [0.15, 0.2) is 49.1 Å². The molecule has 2 aromatic rings. The molecule has 4 nitrogen and oxygen atoms in total. The van der Waals surface area contributed by atoms with Crippen LogP contribution in [0, 0.1) is 0 Å². The van der Waals surface area contributed by atoms with E-state index < -0.39 is 6.10 Å². The quantitative estimate of drug-likeness (QED) is 0.811. The molecule has 1 atom stereocenters. The molecule has 0 aliphatic heterocycles. The lowest BCUT2D eigenvalue weighted by Crippen LogP contribution is -2.21. The Balaban J connectivity index is 1.79. The van der Waals surface area contributed by atoms with E-state index in [0.29, 0.717) is 6.54 Å². The Hall–Kier alpha value is -1.78. The van der Waals surface area contributed by atoms with Gasteiger partial charge < -0.3 is 10.4 Å². The molecule has 0 saturated heterocycles. The van der Waals surface area contributed by atoms with Gasteiger partial charge in [0, 0.05) is 37.9 Å². The fraction of sp³-hybridized carbons (Fsp3) is 0.231. The van der Waals surface area contributed by atoms with Crippen molar-refractivity contribution in [1.82, 2.24) is 15.3 Å². The van der Waals surface area contributed by atoms with Gasteiger partial charge in [0.15, 0.2) is 0 Å². The van der Waals surface area contributed by atoms with Crippen molar-refractivity contribution in [3.05, 3.63) is 60.2 Å². The normalized spacial score (nSPS) is 12.3. The summed E-state index contributed by atoms with van der Waals surface area (Å²) in [6.45, 7) is 1.25. The number of nitrogens with zero attached hydrogens (tertiary/aromatic N) is 2. The van der Waals surface area contributed by atoms with Gasteiger partial charge in [-0.2, -0.15) is 0 Å². The summed E-state index contributed by atoms with van der Waals surface area (Å²) in [6, 6.07) is 7.54. The Bertz CT molecular complexity index is 433. The Morgan fingerprint density at radius 3 is 2.24 bits per heavy atom. The minimum Gasteiger partial charge on any atom is -0.387 e. The summed E-state index contributed by atoms with van der Waals surface area (Å²) in [5.74, 6) is 0. The molecule has 2 heterocycles. The molecule has 2 N–H and O–H groups in total. The first-order valence-corrected chi connectivity index (χ1v) is 5.54. The van der Waals surface area contributed by atoms with Crippen molar-refractivity contribution in [1.29, 1.82) is 0 Å². The molecule has 0 aliphatic carbocycles. The first kappa shape index (κ1) is 11.7. The Morgan fingerprint density at radius 2 is 1.59 bits per heavy atom. The van der Waals surface area contributed by atoms with Crippen LogP contribution >= 0.6 is 0 Å². The van der Waals surface area contributed by atoms with Gasteiger partial charge in [-0.05, 0) is 35.4 Å². The monoisotopic (exact) mass is 229 g/mol. The lowest BCUT2D eigenvalue weighted by Gasteiger charge is -2.11. The van der Waals surface area contributed by atoms with Crippen LogP contribution in [0.3, 0.4) is 0 Å². The lowest BCUT2D eigenvalue weighted by atomic mass is 10.1. The van der Waals surface area contributed by atoms with E-state index in [9.17, 15) is 5.11 Å². The SMILES string of the molecule is OC(CNCc1ccncc1)c1ccncc1. The van der Waals surface area contributed by atoms with Gasteiger partial charge in [-0.25, -0.2) is 0 Å². The van der Waals surface area contributed by atoms with Gasteiger partial charge in [-0.15, -0.1) is 0 Å². The van der Waals surface area contributed by atoms with E-state index in [-0.39, 0.29) is 0 Å². The summed E-state index contributed by atoms with van der Waals surface area (Å²) in [6.07, 6.45) is 6.38. The topological polar surface area (TPSA) is 58.0 Å². The highest BCUT2D eigenvalue weighted by atomic mass is 16.3. The highest BCUT2D eigenvalue weighted by Gasteiger charge is 2.05. The highest BCUT2D eigenvalue weighted by Crippen LogP contribution is 2.09. The second kappa shape index (κ2) is 6.08. The van der Waals surface area contributed by atoms with Crippen LogP contribution in [-0.2, 0) is 6.54 Å². The molecule has 2 rings (SSSR count). The van der Waals surface area contributed by atoms with E-state index in [4.69, 9.17) is 0 Å². The van der Waals surface area contributed by atoms with E-state index >= 15 is 0 Å². The van der Waals surface area contributed by atoms with Crippen LogP contribution in [0.4, 0.5) is 0 Å². The first-order chi connectivity index (χ1) is 8.36. The molecule has 0 fully saturated rings. The van der Waals surface area contributed by atoms with Crippen molar-refractivity contribution in [3.8, 4) is 0 Å². The van der Waals surface area contributed by atoms with Crippen molar-refractivity contribution in [3.63, 3.8) is 0 Å². The molecular formula is C13H15N3O. The maximum absolute atomic E-state index is 9.90. The van der Waals surface area contributed by atoms with Crippen LogP contribution in [0.2, 0.25) is 0 Å². The van der Waals surface area contributed by atoms with Crippen LogP contribution in [-0.4, -0.2) is 21.6 Å². The number of rotatable bonds is 5. The molecule has 0 spiro atoms. The molecule has 88 valence electrons. The van der Waals surface area contributed by atoms with Gasteiger partial charge in [-0.1, -0.05) is 0 Å². The van der Waals surface area contributed by atoms with E-state index in [1.807, 2.05) is 24.3 Å². The molecule has 2 aromatic heterocycles. The van der Waals surface area contributed by atoms with E-state index in [0.717, 1.165) is 17.7 Å². The van der Waals surface area contributed by atoms with Gasteiger partial charge in [0.2, 0.25) is 0 Å². The molecule has 1 unspecified atom stereocenters. The fourth-order valence-electron chi connectivity index (χ4n) is 1.56. The molecule has 0 radical (unpaired) electrons. The largest absolute Gasteiger partial charge is 0.387 e. The molecule has 0 saturated carbocycles. The molecule has 0 aromatic carbocycles. The van der Waals surface area contributed by atoms with Crippen molar-refractivity contribution in [2.24, 2.45) is 0 Å². The van der Waals surface area contributed by atoms with Gasteiger partial charge in [0.05, 0.1) is 6.10 Å². The van der Waals surface area contributed by atoms with Gasteiger partial charge in [-0.3, -0.25) is 9.97 Å². The number of pyridine rings is 2. The maximum Gasteiger partial charge on any atom is 0.0915 e. The van der Waals surface area contributed by atoms with Crippen molar-refractivity contribution < 1.29 is 5.11 Å². The summed E-state index contributed by atoms with van der Waals surface area (Å²) in [4.78, 5) is 7.87. The van der Waals surface area contributed by atoms with Crippen molar-refractivity contribution in [2.45, 2.75) is 12.6 Å². The van der Waals surface area contributed by atoms with Crippen LogP contribution in [0.1, 0.15) is 17.2 Å². The Kier molecular flexibility index (Phi) is 4.18. The Labute approximate surface area is 100 Å². The lowest BCUT2D eigenvalue weighted by molar-refractivity contribution is 0.174. The molecule has 17 heavy (non-hydrogen) atoms. The summed E-state index contributed by atoms with van der Waals surface area (Å²) < 4.78 is 0. The number of aliphatic hydroxyl groups excluding tert-OH is 1. The second-order valence-electron chi connectivity index (χ2n) is 3.78. The van der Waals surface area contributed by atoms with Gasteiger partial charge >= 0.3 is 0 Å². The number of nitrogens with one attached hydrogen (secondary N) is 1. The first-order valence-electron chi connectivity index (χ1n) is 5.54. The zero-order valence-corrected chi connectivity index (χ0v) is 9.45. The molecule has 0 aliphatic rings.